The lowest BCUT2D eigenvalue weighted by atomic mass is 10.2. The Bertz CT molecular complexity index is 456. The molecule has 6 nitrogen and oxygen atoms in total. The van der Waals surface area contributed by atoms with Gasteiger partial charge in [-0.05, 0) is 29.5 Å². The molecule has 0 saturated heterocycles. The molecule has 0 saturated carbocycles. The van der Waals surface area contributed by atoms with Gasteiger partial charge in [0.05, 0.1) is 14.6 Å². The average Bonchev–Trinajstić information content (AvgIpc) is 2.29. The molecule has 2 unspecified atom stereocenters. The molecule has 18 heavy (non-hydrogen) atoms. The van der Waals surface area contributed by atoms with Crippen LogP contribution in [0.15, 0.2) is 12.1 Å². The first-order chi connectivity index (χ1) is 8.32. The number of nitrogens with zero attached hydrogens (tertiary/aromatic N) is 1. The van der Waals surface area contributed by atoms with Crippen molar-refractivity contribution in [3.8, 4) is 0 Å². The smallest absolute Gasteiger partial charge is 0.293 e. The van der Waals surface area contributed by atoms with Crippen molar-refractivity contribution in [2.45, 2.75) is 19.1 Å². The first kappa shape index (κ1) is 15.1. The number of halogens is 2. The number of rotatable bonds is 5. The number of aliphatic hydroxyl groups excluding tert-OH is 1. The van der Waals surface area contributed by atoms with Crippen LogP contribution in [0.2, 0.25) is 0 Å². The monoisotopic (exact) mass is 369 g/mol. The van der Waals surface area contributed by atoms with Gasteiger partial charge in [0.2, 0.25) is 0 Å². The molecule has 100 valence electrons. The Balaban J connectivity index is 2.93. The molecule has 0 fully saturated rings. The Labute approximate surface area is 117 Å². The highest BCUT2D eigenvalue weighted by Crippen LogP contribution is 2.28. The van der Waals surface area contributed by atoms with E-state index in [9.17, 15) is 19.6 Å². The number of benzene rings is 1. The van der Waals surface area contributed by atoms with E-state index < -0.39 is 22.9 Å². The summed E-state index contributed by atoms with van der Waals surface area (Å²) in [5, 5.41) is 22.7. The topological polar surface area (TPSA) is 101 Å². The van der Waals surface area contributed by atoms with Gasteiger partial charge in [-0.2, -0.15) is 0 Å². The summed E-state index contributed by atoms with van der Waals surface area (Å²) in [6, 6.07) is 1.60. The molecule has 2 atom stereocenters. The minimum Gasteiger partial charge on any atom is -0.392 e. The van der Waals surface area contributed by atoms with Crippen LogP contribution in [0.4, 0.5) is 15.8 Å². The third kappa shape index (κ3) is 3.75. The molecule has 0 spiro atoms. The molecule has 0 aliphatic heterocycles. The van der Waals surface area contributed by atoms with Crippen LogP contribution in [0.25, 0.3) is 0 Å². The molecule has 4 N–H and O–H groups in total. The van der Waals surface area contributed by atoms with E-state index in [1.165, 1.54) is 6.92 Å². The maximum Gasteiger partial charge on any atom is 0.293 e. The first-order valence-corrected chi connectivity index (χ1v) is 6.21. The predicted octanol–water partition coefficient (Wildman–Crippen LogP) is 1.46. The van der Waals surface area contributed by atoms with Crippen LogP contribution < -0.4 is 11.1 Å². The van der Waals surface area contributed by atoms with Gasteiger partial charge in [0.15, 0.2) is 0 Å². The lowest BCUT2D eigenvalue weighted by Gasteiger charge is -2.16. The lowest BCUT2D eigenvalue weighted by molar-refractivity contribution is -0.384. The maximum absolute atomic E-state index is 13.4. The van der Waals surface area contributed by atoms with Crippen LogP contribution in [0, 0.1) is 19.5 Å². The summed E-state index contributed by atoms with van der Waals surface area (Å²) >= 11 is 1.68. The van der Waals surface area contributed by atoms with Crippen molar-refractivity contribution in [1.29, 1.82) is 0 Å². The Morgan fingerprint density at radius 2 is 2.28 bits per heavy atom. The van der Waals surface area contributed by atoms with Gasteiger partial charge < -0.3 is 16.2 Å². The SMILES string of the molecule is CC(O)C(N)CNc1cc(F)c(I)cc1[N+](=O)[O-]. The fourth-order valence-corrected chi connectivity index (χ4v) is 1.68. The summed E-state index contributed by atoms with van der Waals surface area (Å²) in [6.45, 7) is 1.62. The molecule has 1 aromatic carbocycles. The quantitative estimate of drug-likeness (QED) is 0.415. The van der Waals surface area contributed by atoms with Gasteiger partial charge in [-0.25, -0.2) is 4.39 Å². The van der Waals surface area contributed by atoms with Gasteiger partial charge in [-0.15, -0.1) is 0 Å². The second kappa shape index (κ2) is 6.25. The van der Waals surface area contributed by atoms with Crippen LogP contribution in [0.5, 0.6) is 0 Å². The van der Waals surface area contributed by atoms with Crippen LogP contribution in [-0.2, 0) is 0 Å². The van der Waals surface area contributed by atoms with Crippen LogP contribution in [-0.4, -0.2) is 28.7 Å². The van der Waals surface area contributed by atoms with Gasteiger partial charge in [0.1, 0.15) is 11.5 Å². The molecule has 0 aliphatic carbocycles. The van der Waals surface area contributed by atoms with E-state index in [1.807, 2.05) is 0 Å². The van der Waals surface area contributed by atoms with Crippen molar-refractivity contribution in [1.82, 2.24) is 0 Å². The number of nitrogens with one attached hydrogen (secondary N) is 1. The molecule has 0 aromatic heterocycles. The fraction of sp³-hybridized carbons (Fsp3) is 0.400. The number of nitrogens with two attached hydrogens (primary N) is 1. The summed E-state index contributed by atoms with van der Waals surface area (Å²) < 4.78 is 13.5. The molecule has 0 bridgehead atoms. The van der Waals surface area contributed by atoms with Crippen molar-refractivity contribution in [3.05, 3.63) is 31.6 Å². The molecule has 8 heteroatoms. The zero-order valence-corrected chi connectivity index (χ0v) is 11.7. The first-order valence-electron chi connectivity index (χ1n) is 5.14. The maximum atomic E-state index is 13.4. The van der Waals surface area contributed by atoms with E-state index in [2.05, 4.69) is 5.32 Å². The van der Waals surface area contributed by atoms with E-state index in [4.69, 9.17) is 5.73 Å². The predicted molar refractivity (Wildman–Crippen MR) is 73.9 cm³/mol. The summed E-state index contributed by atoms with van der Waals surface area (Å²) in [4.78, 5) is 10.2. The highest BCUT2D eigenvalue weighted by Gasteiger charge is 2.18. The highest BCUT2D eigenvalue weighted by atomic mass is 127. The van der Waals surface area contributed by atoms with E-state index >= 15 is 0 Å². The van der Waals surface area contributed by atoms with Gasteiger partial charge >= 0.3 is 0 Å². The molecular weight excluding hydrogens is 356 g/mol. The zero-order valence-electron chi connectivity index (χ0n) is 9.56. The number of hydrogen-bond donors (Lipinski definition) is 3. The molecule has 0 heterocycles. The molecular formula is C10H13FIN3O3. The van der Waals surface area contributed by atoms with Crippen LogP contribution >= 0.6 is 22.6 Å². The molecule has 0 radical (unpaired) electrons. The third-order valence-electron chi connectivity index (χ3n) is 2.38. The second-order valence-corrected chi connectivity index (χ2v) is 4.99. The van der Waals surface area contributed by atoms with Gasteiger partial charge in [-0.3, -0.25) is 10.1 Å². The number of hydrogen-bond acceptors (Lipinski definition) is 5. The van der Waals surface area contributed by atoms with Crippen molar-refractivity contribution >= 4 is 34.0 Å². The van der Waals surface area contributed by atoms with Crippen molar-refractivity contribution in [3.63, 3.8) is 0 Å². The lowest BCUT2D eigenvalue weighted by Crippen LogP contribution is -2.38. The van der Waals surface area contributed by atoms with E-state index in [-0.39, 0.29) is 21.5 Å². The Morgan fingerprint density at radius 3 is 2.78 bits per heavy atom. The number of anilines is 1. The van der Waals surface area contributed by atoms with Gasteiger partial charge in [0, 0.05) is 24.7 Å². The average molecular weight is 369 g/mol. The molecule has 0 amide bonds. The van der Waals surface area contributed by atoms with Gasteiger partial charge in [-0.1, -0.05) is 0 Å². The van der Waals surface area contributed by atoms with Crippen LogP contribution in [0.1, 0.15) is 6.92 Å². The highest BCUT2D eigenvalue weighted by molar-refractivity contribution is 14.1. The summed E-state index contributed by atoms with van der Waals surface area (Å²) in [5.74, 6) is -0.547. The van der Waals surface area contributed by atoms with E-state index in [0.717, 1.165) is 12.1 Å². The van der Waals surface area contributed by atoms with Crippen molar-refractivity contribution in [2.75, 3.05) is 11.9 Å². The van der Waals surface area contributed by atoms with Crippen molar-refractivity contribution < 1.29 is 14.4 Å². The van der Waals surface area contributed by atoms with E-state index in [1.54, 1.807) is 22.6 Å². The normalized spacial score (nSPS) is 14.1. The number of aliphatic hydroxyl groups is 1. The fourth-order valence-electron chi connectivity index (χ4n) is 1.23. The standard InChI is InChI=1S/C10H13FIN3O3/c1-5(16)8(13)4-14-9-2-6(11)7(12)3-10(9)15(17)18/h2-3,5,8,14,16H,4,13H2,1H3. The molecule has 1 aromatic rings. The van der Waals surface area contributed by atoms with Crippen LogP contribution in [0.3, 0.4) is 0 Å². The Kier molecular flexibility index (Phi) is 5.23. The van der Waals surface area contributed by atoms with Crippen molar-refractivity contribution in [2.24, 2.45) is 5.73 Å². The number of nitro benzene ring substituents is 1. The number of nitro groups is 1. The summed E-state index contributed by atoms with van der Waals surface area (Å²) in [5.41, 5.74) is 5.41. The summed E-state index contributed by atoms with van der Waals surface area (Å²) in [7, 11) is 0. The van der Waals surface area contributed by atoms with E-state index in [0.29, 0.717) is 0 Å². The Hall–Kier alpha value is -1.00. The largest absolute Gasteiger partial charge is 0.392 e. The second-order valence-electron chi connectivity index (χ2n) is 3.83. The molecule has 1 rings (SSSR count). The zero-order chi connectivity index (χ0) is 13.9. The minimum absolute atomic E-state index is 0.0500. The molecule has 0 aliphatic rings. The Morgan fingerprint density at radius 1 is 1.67 bits per heavy atom. The minimum atomic E-state index is -0.759. The third-order valence-corrected chi connectivity index (χ3v) is 3.21. The van der Waals surface area contributed by atoms with Gasteiger partial charge in [0.25, 0.3) is 5.69 Å². The summed E-state index contributed by atoms with van der Waals surface area (Å²) in [6.07, 6.45) is -0.759.